The molecule has 3 rings (SSSR count). The minimum atomic E-state index is 0.200. The van der Waals surface area contributed by atoms with Gasteiger partial charge in [0.25, 0.3) is 0 Å². The zero-order valence-corrected chi connectivity index (χ0v) is 16.5. The van der Waals surface area contributed by atoms with Gasteiger partial charge in [-0.15, -0.1) is 0 Å². The molecule has 1 aliphatic heterocycles. The highest BCUT2D eigenvalue weighted by atomic mass is 16.5. The van der Waals surface area contributed by atoms with Gasteiger partial charge in [-0.25, -0.2) is 0 Å². The first-order valence-corrected chi connectivity index (χ1v) is 10.1. The standard InChI is InChI=1S/C23H29NO4/c1-2-27-21-6-3-4-7-22(21)28-17-5-8-23(26)24-15-13-19(14-16-24)18-9-11-20(25)12-10-18/h3-4,6-7,9-12,19,25H,2,5,8,13-17H2,1H3. The smallest absolute Gasteiger partial charge is 0.222 e. The summed E-state index contributed by atoms with van der Waals surface area (Å²) in [5.74, 6) is 2.43. The summed E-state index contributed by atoms with van der Waals surface area (Å²) in [6.07, 6.45) is 3.13. The van der Waals surface area contributed by atoms with Crippen molar-refractivity contribution < 1.29 is 19.4 Å². The molecule has 0 aliphatic carbocycles. The van der Waals surface area contributed by atoms with Crippen LogP contribution < -0.4 is 9.47 Å². The highest BCUT2D eigenvalue weighted by molar-refractivity contribution is 5.76. The largest absolute Gasteiger partial charge is 0.508 e. The number of carbonyl (C=O) groups excluding carboxylic acids is 1. The Bertz CT molecular complexity index is 751. The van der Waals surface area contributed by atoms with E-state index in [9.17, 15) is 9.90 Å². The van der Waals surface area contributed by atoms with E-state index in [2.05, 4.69) is 0 Å². The van der Waals surface area contributed by atoms with Crippen LogP contribution >= 0.6 is 0 Å². The third kappa shape index (κ3) is 5.41. The van der Waals surface area contributed by atoms with Crippen LogP contribution in [0.2, 0.25) is 0 Å². The summed E-state index contributed by atoms with van der Waals surface area (Å²) in [5.41, 5.74) is 1.24. The number of hydrogen-bond acceptors (Lipinski definition) is 4. The predicted molar refractivity (Wildman–Crippen MR) is 109 cm³/mol. The first-order valence-electron chi connectivity index (χ1n) is 10.1. The molecule has 0 atom stereocenters. The van der Waals surface area contributed by atoms with Gasteiger partial charge in [0.15, 0.2) is 11.5 Å². The van der Waals surface area contributed by atoms with Crippen molar-refractivity contribution in [2.45, 2.75) is 38.5 Å². The first-order chi connectivity index (χ1) is 13.7. The number of ether oxygens (including phenoxy) is 2. The molecule has 0 saturated carbocycles. The molecule has 28 heavy (non-hydrogen) atoms. The van der Waals surface area contributed by atoms with Gasteiger partial charge >= 0.3 is 0 Å². The molecule has 1 fully saturated rings. The fourth-order valence-electron chi connectivity index (χ4n) is 3.62. The van der Waals surface area contributed by atoms with Gasteiger partial charge in [0.05, 0.1) is 13.2 Å². The normalized spacial score (nSPS) is 14.7. The average Bonchev–Trinajstić information content (AvgIpc) is 2.73. The van der Waals surface area contributed by atoms with Crippen LogP contribution in [-0.2, 0) is 4.79 Å². The summed E-state index contributed by atoms with van der Waals surface area (Å²) in [4.78, 5) is 14.4. The monoisotopic (exact) mass is 383 g/mol. The fraction of sp³-hybridized carbons (Fsp3) is 0.435. The van der Waals surface area contributed by atoms with Crippen LogP contribution in [0.4, 0.5) is 0 Å². The number of nitrogens with zero attached hydrogens (tertiary/aromatic N) is 1. The molecule has 2 aromatic carbocycles. The second kappa shape index (κ2) is 10.0. The van der Waals surface area contributed by atoms with Gasteiger partial charge in [0.1, 0.15) is 5.75 Å². The Morgan fingerprint density at radius 3 is 2.32 bits per heavy atom. The SMILES string of the molecule is CCOc1ccccc1OCCCC(=O)N1CCC(c2ccc(O)cc2)CC1. The Morgan fingerprint density at radius 1 is 1.04 bits per heavy atom. The van der Waals surface area contributed by atoms with E-state index in [1.807, 2.05) is 48.2 Å². The molecule has 5 heteroatoms. The average molecular weight is 383 g/mol. The minimum Gasteiger partial charge on any atom is -0.508 e. The molecule has 1 saturated heterocycles. The lowest BCUT2D eigenvalue weighted by atomic mass is 9.89. The summed E-state index contributed by atoms with van der Waals surface area (Å²) in [6.45, 7) is 4.62. The van der Waals surface area contributed by atoms with E-state index in [-0.39, 0.29) is 5.91 Å². The molecule has 0 spiro atoms. The summed E-state index contributed by atoms with van der Waals surface area (Å²) >= 11 is 0. The van der Waals surface area contributed by atoms with Crippen molar-refractivity contribution in [3.05, 3.63) is 54.1 Å². The molecule has 1 aliphatic rings. The number of phenolic OH excluding ortho intramolecular Hbond substituents is 1. The van der Waals surface area contributed by atoms with Crippen molar-refractivity contribution in [1.29, 1.82) is 0 Å². The van der Waals surface area contributed by atoms with E-state index in [4.69, 9.17) is 9.47 Å². The van der Waals surface area contributed by atoms with Gasteiger partial charge in [0.2, 0.25) is 5.91 Å². The van der Waals surface area contributed by atoms with Crippen molar-refractivity contribution in [2.75, 3.05) is 26.3 Å². The number of para-hydroxylation sites is 2. The van der Waals surface area contributed by atoms with Crippen LogP contribution in [-0.4, -0.2) is 42.2 Å². The van der Waals surface area contributed by atoms with Crippen molar-refractivity contribution >= 4 is 5.91 Å². The second-order valence-corrected chi connectivity index (χ2v) is 7.08. The molecule has 0 bridgehead atoms. The number of piperidine rings is 1. The topological polar surface area (TPSA) is 59.0 Å². The Kier molecular flexibility index (Phi) is 7.18. The van der Waals surface area contributed by atoms with Crippen LogP contribution in [0.25, 0.3) is 0 Å². The van der Waals surface area contributed by atoms with E-state index in [1.165, 1.54) is 5.56 Å². The summed E-state index contributed by atoms with van der Waals surface area (Å²) in [7, 11) is 0. The van der Waals surface area contributed by atoms with Crippen molar-refractivity contribution in [1.82, 2.24) is 4.90 Å². The maximum Gasteiger partial charge on any atom is 0.222 e. The highest BCUT2D eigenvalue weighted by Gasteiger charge is 2.23. The Morgan fingerprint density at radius 2 is 1.68 bits per heavy atom. The van der Waals surface area contributed by atoms with Crippen LogP contribution in [0.5, 0.6) is 17.2 Å². The molecular weight excluding hydrogens is 354 g/mol. The van der Waals surface area contributed by atoms with E-state index in [0.717, 1.165) is 37.4 Å². The summed E-state index contributed by atoms with van der Waals surface area (Å²) in [5, 5.41) is 9.42. The molecule has 1 amide bonds. The molecule has 0 radical (unpaired) electrons. The number of hydrogen-bond donors (Lipinski definition) is 1. The van der Waals surface area contributed by atoms with E-state index in [0.29, 0.717) is 37.7 Å². The second-order valence-electron chi connectivity index (χ2n) is 7.08. The molecule has 5 nitrogen and oxygen atoms in total. The number of amides is 1. The number of benzene rings is 2. The minimum absolute atomic E-state index is 0.200. The van der Waals surface area contributed by atoms with E-state index >= 15 is 0 Å². The third-order valence-corrected chi connectivity index (χ3v) is 5.15. The molecular formula is C23H29NO4. The molecule has 0 unspecified atom stereocenters. The van der Waals surface area contributed by atoms with E-state index in [1.54, 1.807) is 12.1 Å². The Hall–Kier alpha value is -2.69. The van der Waals surface area contributed by atoms with Gasteiger partial charge in [0, 0.05) is 19.5 Å². The lowest BCUT2D eigenvalue weighted by Crippen LogP contribution is -2.37. The number of carbonyl (C=O) groups is 1. The highest BCUT2D eigenvalue weighted by Crippen LogP contribution is 2.29. The van der Waals surface area contributed by atoms with Gasteiger partial charge in [-0.05, 0) is 61.9 Å². The summed E-state index contributed by atoms with van der Waals surface area (Å²) in [6, 6.07) is 15.0. The summed E-state index contributed by atoms with van der Waals surface area (Å²) < 4.78 is 11.3. The molecule has 1 heterocycles. The maximum absolute atomic E-state index is 12.5. The zero-order valence-electron chi connectivity index (χ0n) is 16.5. The van der Waals surface area contributed by atoms with Gasteiger partial charge in [-0.1, -0.05) is 24.3 Å². The van der Waals surface area contributed by atoms with Crippen LogP contribution in [0.15, 0.2) is 48.5 Å². The van der Waals surface area contributed by atoms with E-state index < -0.39 is 0 Å². The van der Waals surface area contributed by atoms with Gasteiger partial charge in [-0.3, -0.25) is 4.79 Å². The lowest BCUT2D eigenvalue weighted by Gasteiger charge is -2.32. The Balaban J connectivity index is 1.38. The number of rotatable bonds is 8. The fourth-order valence-corrected chi connectivity index (χ4v) is 3.62. The number of aromatic hydroxyl groups is 1. The first kappa shape index (κ1) is 20.1. The molecule has 2 aromatic rings. The number of likely N-dealkylation sites (tertiary alicyclic amines) is 1. The Labute approximate surface area is 166 Å². The lowest BCUT2D eigenvalue weighted by molar-refractivity contribution is -0.132. The third-order valence-electron chi connectivity index (χ3n) is 5.15. The quantitative estimate of drug-likeness (QED) is 0.688. The molecule has 0 aromatic heterocycles. The predicted octanol–water partition coefficient (Wildman–Crippen LogP) is 4.36. The van der Waals surface area contributed by atoms with Crippen molar-refractivity contribution in [2.24, 2.45) is 0 Å². The van der Waals surface area contributed by atoms with Gasteiger partial charge in [-0.2, -0.15) is 0 Å². The van der Waals surface area contributed by atoms with Crippen LogP contribution in [0.1, 0.15) is 44.1 Å². The van der Waals surface area contributed by atoms with Crippen LogP contribution in [0, 0.1) is 0 Å². The van der Waals surface area contributed by atoms with Crippen molar-refractivity contribution in [3.8, 4) is 17.2 Å². The molecule has 1 N–H and O–H groups in total. The zero-order chi connectivity index (χ0) is 19.8. The maximum atomic E-state index is 12.5. The van der Waals surface area contributed by atoms with Crippen molar-refractivity contribution in [3.63, 3.8) is 0 Å². The van der Waals surface area contributed by atoms with Gasteiger partial charge < -0.3 is 19.5 Å². The van der Waals surface area contributed by atoms with Crippen LogP contribution in [0.3, 0.4) is 0 Å². The number of phenols is 1. The molecule has 150 valence electrons.